The smallest absolute Gasteiger partial charge is 0.307 e. The molecule has 0 saturated carbocycles. The molecule has 0 aliphatic heterocycles. The van der Waals surface area contributed by atoms with Crippen LogP contribution in [0.2, 0.25) is 18.1 Å². The molecule has 0 radical (unpaired) electrons. The molecule has 0 bridgehead atoms. The minimum Gasteiger partial charge on any atom is -0.493 e. The van der Waals surface area contributed by atoms with E-state index in [9.17, 15) is 14.4 Å². The minimum absolute atomic E-state index is 0.0446. The Hall–Kier alpha value is -2.94. The van der Waals surface area contributed by atoms with Gasteiger partial charge in [0.05, 0.1) is 30.8 Å². The van der Waals surface area contributed by atoms with Crippen LogP contribution in [0.4, 0.5) is 0 Å². The summed E-state index contributed by atoms with van der Waals surface area (Å²) in [6, 6.07) is 7.05. The van der Waals surface area contributed by atoms with Gasteiger partial charge in [0, 0.05) is 18.4 Å². The Morgan fingerprint density at radius 2 is 1.83 bits per heavy atom. The second-order valence-electron chi connectivity index (χ2n) is 10.2. The van der Waals surface area contributed by atoms with E-state index in [4.69, 9.17) is 19.2 Å². The van der Waals surface area contributed by atoms with E-state index >= 15 is 0 Å². The molecule has 0 heterocycles. The number of carbonyl (C=O) groups is 3. The second kappa shape index (κ2) is 15.2. The second-order valence-corrected chi connectivity index (χ2v) is 14.9. The number of hydrogen-bond donors (Lipinski definition) is 0. The van der Waals surface area contributed by atoms with Gasteiger partial charge in [0.2, 0.25) is 0 Å². The molecule has 0 fully saturated rings. The molecule has 7 nitrogen and oxygen atoms in total. The molecule has 0 N–H and O–H groups in total. The Morgan fingerprint density at radius 1 is 1.11 bits per heavy atom. The summed E-state index contributed by atoms with van der Waals surface area (Å²) >= 11 is 0. The van der Waals surface area contributed by atoms with Crippen molar-refractivity contribution in [3.05, 3.63) is 29.3 Å². The Balaban J connectivity index is 2.37. The van der Waals surface area contributed by atoms with Gasteiger partial charge >= 0.3 is 5.97 Å². The normalized spacial score (nSPS) is 12.9. The van der Waals surface area contributed by atoms with Gasteiger partial charge in [-0.15, -0.1) is 0 Å². The highest BCUT2D eigenvalue weighted by Gasteiger charge is 2.38. The van der Waals surface area contributed by atoms with Crippen molar-refractivity contribution >= 4 is 26.9 Å². The predicted octanol–water partition coefficient (Wildman–Crippen LogP) is 5.88. The van der Waals surface area contributed by atoms with E-state index in [2.05, 4.69) is 51.8 Å². The fraction of sp³-hybridized carbons (Fsp3) is 0.571. The molecule has 8 heteroatoms. The van der Waals surface area contributed by atoms with Crippen molar-refractivity contribution in [2.45, 2.75) is 96.6 Å². The SMILES string of the molecule is CC(C#CCC(CC#N)O[Si](C)(C)C(C)(C)C)OC(=O)CCCCCOc1cccc(C=O)c1C=O. The van der Waals surface area contributed by atoms with Crippen LogP contribution in [0.25, 0.3) is 0 Å². The molecule has 0 aromatic heterocycles. The topological polar surface area (TPSA) is 103 Å². The summed E-state index contributed by atoms with van der Waals surface area (Å²) in [6.07, 6.45) is 3.51. The van der Waals surface area contributed by atoms with Crippen molar-refractivity contribution in [1.29, 1.82) is 5.26 Å². The molecule has 0 aliphatic carbocycles. The molecule has 196 valence electrons. The van der Waals surface area contributed by atoms with Crippen molar-refractivity contribution in [2.75, 3.05) is 6.61 Å². The number of unbranched alkanes of at least 4 members (excludes halogenated alkanes) is 2. The number of nitrogens with zero attached hydrogens (tertiary/aromatic N) is 1. The molecule has 2 atom stereocenters. The number of ether oxygens (including phenoxy) is 2. The third kappa shape index (κ3) is 10.8. The highest BCUT2D eigenvalue weighted by Crippen LogP contribution is 2.37. The summed E-state index contributed by atoms with van der Waals surface area (Å²) in [4.78, 5) is 34.3. The number of rotatable bonds is 14. The number of hydrogen-bond acceptors (Lipinski definition) is 7. The molecule has 0 saturated heterocycles. The third-order valence-corrected chi connectivity index (χ3v) is 10.7. The summed E-state index contributed by atoms with van der Waals surface area (Å²) in [5.41, 5.74) is 0.544. The van der Waals surface area contributed by atoms with Crippen molar-refractivity contribution in [2.24, 2.45) is 0 Å². The molecule has 0 spiro atoms. The molecule has 1 aromatic rings. The lowest BCUT2D eigenvalue weighted by atomic mass is 10.1. The highest BCUT2D eigenvalue weighted by molar-refractivity contribution is 6.74. The minimum atomic E-state index is -2.00. The lowest BCUT2D eigenvalue weighted by Gasteiger charge is -2.38. The average Bonchev–Trinajstić information content (AvgIpc) is 2.80. The van der Waals surface area contributed by atoms with Crippen LogP contribution in [-0.2, 0) is 14.0 Å². The van der Waals surface area contributed by atoms with E-state index in [-0.39, 0.29) is 35.5 Å². The fourth-order valence-corrected chi connectivity index (χ4v) is 4.45. The maximum absolute atomic E-state index is 12.1. The van der Waals surface area contributed by atoms with Crippen molar-refractivity contribution < 1.29 is 28.3 Å². The van der Waals surface area contributed by atoms with E-state index in [1.165, 1.54) is 0 Å². The van der Waals surface area contributed by atoms with Gasteiger partial charge in [-0.2, -0.15) is 5.26 Å². The lowest BCUT2D eigenvalue weighted by molar-refractivity contribution is -0.145. The van der Waals surface area contributed by atoms with Crippen LogP contribution in [-0.4, -0.2) is 45.7 Å². The summed E-state index contributed by atoms with van der Waals surface area (Å²) in [7, 11) is -2.00. The molecular weight excluding hydrogens is 474 g/mol. The predicted molar refractivity (Wildman–Crippen MR) is 141 cm³/mol. The Bertz CT molecular complexity index is 980. The third-order valence-electron chi connectivity index (χ3n) is 6.16. The van der Waals surface area contributed by atoms with Crippen LogP contribution in [0.1, 0.15) is 86.9 Å². The number of carbonyl (C=O) groups excluding carboxylic acids is 3. The van der Waals surface area contributed by atoms with Crippen LogP contribution >= 0.6 is 0 Å². The average molecular weight is 514 g/mol. The molecule has 1 aromatic carbocycles. The monoisotopic (exact) mass is 513 g/mol. The summed E-state index contributed by atoms with van der Waals surface area (Å²) in [5, 5.41) is 9.18. The van der Waals surface area contributed by atoms with Gasteiger partial charge in [-0.1, -0.05) is 44.7 Å². The van der Waals surface area contributed by atoms with Gasteiger partial charge in [-0.25, -0.2) is 0 Å². The Morgan fingerprint density at radius 3 is 2.44 bits per heavy atom. The summed E-state index contributed by atoms with van der Waals surface area (Å²) < 4.78 is 17.3. The van der Waals surface area contributed by atoms with Gasteiger partial charge in [0.1, 0.15) is 5.75 Å². The molecule has 36 heavy (non-hydrogen) atoms. The lowest BCUT2D eigenvalue weighted by Crippen LogP contribution is -2.43. The number of esters is 1. The highest BCUT2D eigenvalue weighted by atomic mass is 28.4. The van der Waals surface area contributed by atoms with Crippen LogP contribution in [0.5, 0.6) is 5.75 Å². The van der Waals surface area contributed by atoms with Crippen LogP contribution in [0.15, 0.2) is 18.2 Å². The number of aldehydes is 2. The van der Waals surface area contributed by atoms with E-state index in [0.29, 0.717) is 49.8 Å². The van der Waals surface area contributed by atoms with Gasteiger partial charge in [-0.05, 0) is 50.4 Å². The zero-order chi connectivity index (χ0) is 27.2. The van der Waals surface area contributed by atoms with Gasteiger partial charge in [-0.3, -0.25) is 14.4 Å². The van der Waals surface area contributed by atoms with E-state index in [0.717, 1.165) is 6.42 Å². The van der Waals surface area contributed by atoms with Crippen molar-refractivity contribution in [3.63, 3.8) is 0 Å². The quantitative estimate of drug-likeness (QED) is 0.101. The maximum atomic E-state index is 12.1. The first-order valence-corrected chi connectivity index (χ1v) is 15.2. The first kappa shape index (κ1) is 31.1. The maximum Gasteiger partial charge on any atom is 0.307 e. The van der Waals surface area contributed by atoms with E-state index in [1.54, 1.807) is 25.1 Å². The van der Waals surface area contributed by atoms with Crippen LogP contribution in [0.3, 0.4) is 0 Å². The van der Waals surface area contributed by atoms with Crippen molar-refractivity contribution in [1.82, 2.24) is 0 Å². The van der Waals surface area contributed by atoms with Crippen LogP contribution < -0.4 is 4.74 Å². The summed E-state index contributed by atoms with van der Waals surface area (Å²) in [6.45, 7) is 12.9. The Labute approximate surface area is 216 Å². The van der Waals surface area contributed by atoms with E-state index in [1.807, 2.05) is 0 Å². The van der Waals surface area contributed by atoms with E-state index < -0.39 is 14.4 Å². The number of nitriles is 1. The van der Waals surface area contributed by atoms with Crippen molar-refractivity contribution in [3.8, 4) is 23.7 Å². The van der Waals surface area contributed by atoms with Gasteiger partial charge < -0.3 is 13.9 Å². The van der Waals surface area contributed by atoms with Gasteiger partial charge in [0.25, 0.3) is 0 Å². The molecule has 0 amide bonds. The van der Waals surface area contributed by atoms with Crippen LogP contribution in [0, 0.1) is 23.2 Å². The standard InChI is InChI=1S/C28H39NO6Si/c1-22(12-10-14-24(17-18-29)35-36(5,6)28(2,3)4)34-27(32)16-8-7-9-19-33-26-15-11-13-23(20-30)25(26)21-31/h11,13,15,20-22,24H,7-9,14,16-17,19H2,1-6H3. The summed E-state index contributed by atoms with van der Waals surface area (Å²) in [5.74, 6) is 6.03. The number of benzene rings is 1. The zero-order valence-corrected chi connectivity index (χ0v) is 23.4. The largest absolute Gasteiger partial charge is 0.493 e. The molecule has 0 aliphatic rings. The first-order valence-electron chi connectivity index (χ1n) is 12.3. The molecule has 1 rings (SSSR count). The first-order chi connectivity index (χ1) is 16.9. The Kier molecular flexibility index (Phi) is 13.2. The zero-order valence-electron chi connectivity index (χ0n) is 22.4. The van der Waals surface area contributed by atoms with Gasteiger partial charge in [0.15, 0.2) is 27.0 Å². The fourth-order valence-electron chi connectivity index (χ4n) is 3.10. The molecule has 2 unspecified atom stereocenters. The molecular formula is C28H39NO6Si.